The largest absolute Gasteiger partial charge is 0.566 e. The molecule has 0 amide bonds. The van der Waals surface area contributed by atoms with Crippen molar-refractivity contribution in [3.8, 4) is 0 Å². The van der Waals surface area contributed by atoms with Crippen LogP contribution in [0.1, 0.15) is 20.3 Å². The monoisotopic (exact) mass is 410 g/mol. The van der Waals surface area contributed by atoms with Gasteiger partial charge in [0, 0.05) is 10.4 Å². The summed E-state index contributed by atoms with van der Waals surface area (Å²) in [7, 11) is -6.80. The molecule has 22 heavy (non-hydrogen) atoms. The average Bonchev–Trinajstić information content (AvgIpc) is 2.76. The van der Waals surface area contributed by atoms with Crippen LogP contribution in [-0.4, -0.2) is 26.1 Å². The van der Waals surface area contributed by atoms with Gasteiger partial charge in [-0.3, -0.25) is 0 Å². The van der Waals surface area contributed by atoms with Gasteiger partial charge in [0.15, 0.2) is 5.44 Å². The third-order valence-electron chi connectivity index (χ3n) is 3.68. The number of hydrogen-bond donors (Lipinski definition) is 0. The zero-order chi connectivity index (χ0) is 16.5. The van der Waals surface area contributed by atoms with E-state index in [1.165, 1.54) is 12.1 Å². The molecule has 0 aromatic heterocycles. The van der Waals surface area contributed by atoms with Crippen molar-refractivity contribution < 1.29 is 27.1 Å². The first-order valence-electron chi connectivity index (χ1n) is 6.73. The predicted molar refractivity (Wildman–Crippen MR) is 81.9 cm³/mol. The molecule has 1 aromatic rings. The Bertz CT molecular complexity index is 647. The van der Waals surface area contributed by atoms with E-state index in [0.29, 0.717) is 6.42 Å². The maximum absolute atomic E-state index is 12.7. The van der Waals surface area contributed by atoms with Gasteiger partial charge in [-0.1, -0.05) is 29.8 Å². The van der Waals surface area contributed by atoms with Gasteiger partial charge in [-0.05, 0) is 35.3 Å². The minimum atomic E-state index is -3.74. The van der Waals surface area contributed by atoms with Crippen LogP contribution in [0, 0.1) is 5.92 Å². The van der Waals surface area contributed by atoms with E-state index in [9.17, 15) is 17.9 Å². The average molecular weight is 411 g/mol. The zero-order valence-electron chi connectivity index (χ0n) is 12.0. The highest BCUT2D eigenvalue weighted by molar-refractivity contribution is 9.10. The van der Waals surface area contributed by atoms with E-state index in [-0.39, 0.29) is 4.90 Å². The van der Waals surface area contributed by atoms with E-state index >= 15 is 0 Å². The lowest BCUT2D eigenvalue weighted by Gasteiger charge is -2.16. The van der Waals surface area contributed by atoms with Gasteiger partial charge in [-0.15, -0.1) is 4.52 Å². The molecule has 0 radical (unpaired) electrons. The Labute approximate surface area is 138 Å². The summed E-state index contributed by atoms with van der Waals surface area (Å²) in [5.41, 5.74) is -1.13. The van der Waals surface area contributed by atoms with Crippen LogP contribution in [-0.2, 0) is 23.7 Å². The summed E-state index contributed by atoms with van der Waals surface area (Å²) >= 11 is 3.25. The van der Waals surface area contributed by atoms with Crippen LogP contribution >= 0.6 is 24.2 Å². The third-order valence-corrected chi connectivity index (χ3v) is 6.71. The number of rotatable bonds is 5. The van der Waals surface area contributed by atoms with Crippen molar-refractivity contribution in [3.05, 3.63) is 28.7 Å². The lowest BCUT2D eigenvalue weighted by atomic mass is 10.0. The van der Waals surface area contributed by atoms with E-state index < -0.39 is 41.7 Å². The van der Waals surface area contributed by atoms with Gasteiger partial charge in [-0.25, -0.2) is 8.42 Å². The fourth-order valence-corrected chi connectivity index (χ4v) is 5.16. The van der Waals surface area contributed by atoms with Crippen LogP contribution in [0.3, 0.4) is 0 Å². The number of benzene rings is 1. The molecule has 122 valence electrons. The second-order valence-corrected chi connectivity index (χ2v) is 8.70. The predicted octanol–water partition coefficient (Wildman–Crippen LogP) is 2.40. The molecule has 1 saturated heterocycles. The quantitative estimate of drug-likeness (QED) is 0.691. The second-order valence-electron chi connectivity index (χ2n) is 5.10. The highest BCUT2D eigenvalue weighted by Crippen LogP contribution is 2.39. The van der Waals surface area contributed by atoms with Gasteiger partial charge in [-0.2, -0.15) is 0 Å². The summed E-state index contributed by atoms with van der Waals surface area (Å²) in [4.78, 5) is 11.0. The van der Waals surface area contributed by atoms with E-state index in [0.717, 1.165) is 4.47 Å². The number of sulfone groups is 1. The minimum Gasteiger partial charge on any atom is -0.566 e. The summed E-state index contributed by atoms with van der Waals surface area (Å²) in [6.45, 7) is 3.42. The third kappa shape index (κ3) is 3.58. The summed E-state index contributed by atoms with van der Waals surface area (Å²) in [5, 5.41) is 0. The van der Waals surface area contributed by atoms with Gasteiger partial charge in [0.2, 0.25) is 9.84 Å². The molecular formula is C13H16BrO6PS. The molecule has 1 heterocycles. The lowest BCUT2D eigenvalue weighted by Crippen LogP contribution is -2.30. The molecule has 1 aliphatic heterocycles. The molecule has 0 saturated carbocycles. The van der Waals surface area contributed by atoms with Gasteiger partial charge < -0.3 is 9.63 Å². The molecule has 0 bridgehead atoms. The van der Waals surface area contributed by atoms with E-state index in [4.69, 9.17) is 9.26 Å². The SMILES string of the molecule is CC[C@H]1O[C@@H](S(=O)(=O)c2ccc(Br)cc2)C(C)[C@H]1O[P+](=O)[O-]. The summed E-state index contributed by atoms with van der Waals surface area (Å²) in [6.07, 6.45) is -0.899. The van der Waals surface area contributed by atoms with Crippen molar-refractivity contribution in [2.24, 2.45) is 5.92 Å². The molecule has 9 heteroatoms. The molecule has 1 fully saturated rings. The molecule has 0 N–H and O–H groups in total. The highest BCUT2D eigenvalue weighted by atomic mass is 79.9. The molecule has 0 aliphatic carbocycles. The lowest BCUT2D eigenvalue weighted by molar-refractivity contribution is -0.191. The molecule has 1 aliphatic rings. The van der Waals surface area contributed by atoms with Crippen LogP contribution < -0.4 is 4.89 Å². The maximum Gasteiger partial charge on any atom is 0.488 e. The summed E-state index contributed by atoms with van der Waals surface area (Å²) in [5.74, 6) is -0.591. The second kappa shape index (κ2) is 7.03. The Morgan fingerprint density at radius 2 is 1.95 bits per heavy atom. The Balaban J connectivity index is 2.31. The minimum absolute atomic E-state index is 0.134. The normalized spacial score (nSPS) is 29.5. The van der Waals surface area contributed by atoms with Crippen molar-refractivity contribution >= 4 is 34.0 Å². The van der Waals surface area contributed by atoms with Gasteiger partial charge in [0.25, 0.3) is 0 Å². The molecule has 0 spiro atoms. The Morgan fingerprint density at radius 1 is 1.36 bits per heavy atom. The van der Waals surface area contributed by atoms with Crippen LogP contribution in [0.15, 0.2) is 33.6 Å². The van der Waals surface area contributed by atoms with E-state index in [1.807, 2.05) is 0 Å². The number of halogens is 1. The Hall–Kier alpha value is -0.370. The van der Waals surface area contributed by atoms with Crippen LogP contribution in [0.25, 0.3) is 0 Å². The molecular weight excluding hydrogens is 395 g/mol. The Morgan fingerprint density at radius 3 is 2.45 bits per heavy atom. The summed E-state index contributed by atoms with van der Waals surface area (Å²) < 4.78 is 47.5. The first-order chi connectivity index (χ1) is 10.3. The van der Waals surface area contributed by atoms with Crippen LogP contribution in [0.2, 0.25) is 0 Å². The van der Waals surface area contributed by atoms with Crippen molar-refractivity contribution in [2.75, 3.05) is 0 Å². The van der Waals surface area contributed by atoms with Gasteiger partial charge in [0.1, 0.15) is 6.10 Å². The number of ether oxygens (including phenoxy) is 1. The smallest absolute Gasteiger partial charge is 0.488 e. The maximum atomic E-state index is 12.7. The van der Waals surface area contributed by atoms with Gasteiger partial charge in [0.05, 0.1) is 11.0 Å². The van der Waals surface area contributed by atoms with Crippen molar-refractivity contribution in [1.82, 2.24) is 0 Å². The van der Waals surface area contributed by atoms with Crippen LogP contribution in [0.5, 0.6) is 0 Å². The first kappa shape index (κ1) is 18.0. The fraction of sp³-hybridized carbons (Fsp3) is 0.538. The first-order valence-corrected chi connectivity index (χ1v) is 10.2. The number of hydrogen-bond acceptors (Lipinski definition) is 6. The fourth-order valence-electron chi connectivity index (χ4n) is 2.57. The molecule has 6 nitrogen and oxygen atoms in total. The topological polar surface area (TPSA) is 92.7 Å². The standard InChI is InChI=1S/C13H16BrO6PS/c1-3-11-12(20-21(15)16)8(2)13(19-11)22(17,18)10-6-4-9(14)5-7-10/h4-8,11-13H,3H2,1-2H3/t8?,11-,12-,13+/m1/s1. The van der Waals surface area contributed by atoms with E-state index in [1.54, 1.807) is 26.0 Å². The van der Waals surface area contributed by atoms with Crippen molar-refractivity contribution in [3.63, 3.8) is 0 Å². The molecule has 2 rings (SSSR count). The zero-order valence-corrected chi connectivity index (χ0v) is 15.3. The van der Waals surface area contributed by atoms with Gasteiger partial charge >= 0.3 is 8.25 Å². The van der Waals surface area contributed by atoms with Crippen molar-refractivity contribution in [2.45, 2.75) is 42.8 Å². The summed E-state index contributed by atoms with van der Waals surface area (Å²) in [6, 6.07) is 6.23. The van der Waals surface area contributed by atoms with Crippen LogP contribution in [0.4, 0.5) is 0 Å². The molecule has 2 unspecified atom stereocenters. The van der Waals surface area contributed by atoms with Crippen molar-refractivity contribution in [1.29, 1.82) is 0 Å². The highest BCUT2D eigenvalue weighted by Gasteiger charge is 2.50. The molecule has 1 aromatic carbocycles. The molecule has 5 atom stereocenters. The Kier molecular flexibility index (Phi) is 5.74. The van der Waals surface area contributed by atoms with E-state index in [2.05, 4.69) is 15.9 Å².